The molecule has 40 heavy (non-hydrogen) atoms. The van der Waals surface area contributed by atoms with Crippen LogP contribution >= 0.6 is 0 Å². The van der Waals surface area contributed by atoms with Gasteiger partial charge in [-0.15, -0.1) is 0 Å². The largest absolute Gasteiger partial charge is 0.493 e. The van der Waals surface area contributed by atoms with E-state index in [1.807, 2.05) is 0 Å². The minimum atomic E-state index is -1.02. The van der Waals surface area contributed by atoms with Gasteiger partial charge in [-0.3, -0.25) is 9.59 Å². The number of carboxylic acid groups (broad SMARTS) is 1. The number of ether oxygens (including phenoxy) is 3. The summed E-state index contributed by atoms with van der Waals surface area (Å²) in [5.41, 5.74) is 2.35. The van der Waals surface area contributed by atoms with E-state index in [0.717, 1.165) is 0 Å². The molecule has 0 amide bonds. The number of carboxylic acids is 1. The van der Waals surface area contributed by atoms with Crippen molar-refractivity contribution in [2.24, 2.45) is 0 Å². The van der Waals surface area contributed by atoms with Gasteiger partial charge >= 0.3 is 11.9 Å². The van der Waals surface area contributed by atoms with E-state index in [0.29, 0.717) is 62.0 Å². The van der Waals surface area contributed by atoms with Crippen molar-refractivity contribution in [3.05, 3.63) is 100 Å². The van der Waals surface area contributed by atoms with Crippen LogP contribution in [0.4, 0.5) is 0 Å². The Kier molecular flexibility index (Phi) is 6.11. The topological polar surface area (TPSA) is 125 Å². The molecule has 2 aromatic heterocycles. The van der Waals surface area contributed by atoms with E-state index in [9.17, 15) is 14.4 Å². The fourth-order valence-corrected chi connectivity index (χ4v) is 4.97. The molecule has 0 bridgehead atoms. The second-order valence-corrected chi connectivity index (χ2v) is 9.22. The summed E-state index contributed by atoms with van der Waals surface area (Å²) in [4.78, 5) is 37.3. The molecule has 1 atom stereocenters. The predicted molar refractivity (Wildman–Crippen MR) is 144 cm³/mol. The monoisotopic (exact) mass is 538 g/mol. The first-order valence-electron chi connectivity index (χ1n) is 12.3. The van der Waals surface area contributed by atoms with Gasteiger partial charge in [-0.1, -0.05) is 18.2 Å². The van der Waals surface area contributed by atoms with Crippen LogP contribution in [0.1, 0.15) is 34.0 Å². The molecular weight excluding hydrogens is 516 g/mol. The van der Waals surface area contributed by atoms with Crippen molar-refractivity contribution >= 4 is 22.9 Å². The molecule has 0 radical (unpaired) electrons. The minimum Gasteiger partial charge on any atom is -0.493 e. The smallest absolute Gasteiger partial charge is 0.335 e. The zero-order valence-electron chi connectivity index (χ0n) is 21.4. The molecule has 9 nitrogen and oxygen atoms in total. The van der Waals surface area contributed by atoms with Gasteiger partial charge in [0.15, 0.2) is 11.5 Å². The second-order valence-electron chi connectivity index (χ2n) is 9.22. The molecule has 3 aromatic carbocycles. The number of carbonyl (C=O) groups is 2. The Morgan fingerprint density at radius 3 is 2.38 bits per heavy atom. The fourth-order valence-electron chi connectivity index (χ4n) is 4.97. The number of furan rings is 1. The maximum absolute atomic E-state index is 13.6. The maximum atomic E-state index is 13.6. The van der Waals surface area contributed by atoms with Crippen LogP contribution in [0.15, 0.2) is 86.6 Å². The Labute approximate surface area is 227 Å². The number of rotatable bonds is 6. The zero-order valence-corrected chi connectivity index (χ0v) is 21.4. The molecule has 0 unspecified atom stereocenters. The zero-order chi connectivity index (χ0) is 28.0. The first kappa shape index (κ1) is 25.0. The highest BCUT2D eigenvalue weighted by molar-refractivity contribution is 5.90. The number of methoxy groups -OCH3 is 2. The normalized spacial score (nSPS) is 14.4. The van der Waals surface area contributed by atoms with E-state index in [1.54, 1.807) is 54.6 Å². The van der Waals surface area contributed by atoms with Crippen molar-refractivity contribution < 1.29 is 37.7 Å². The third-order valence-corrected chi connectivity index (χ3v) is 6.96. The average Bonchev–Trinajstić information content (AvgIpc) is 3.46. The molecule has 0 fully saturated rings. The van der Waals surface area contributed by atoms with Gasteiger partial charge in [-0.25, -0.2) is 4.79 Å². The third-order valence-electron chi connectivity index (χ3n) is 6.96. The van der Waals surface area contributed by atoms with Crippen molar-refractivity contribution in [1.82, 2.24) is 0 Å². The van der Waals surface area contributed by atoms with Crippen LogP contribution in [0.5, 0.6) is 17.2 Å². The molecule has 6 rings (SSSR count). The van der Waals surface area contributed by atoms with Crippen LogP contribution in [-0.2, 0) is 4.79 Å². The van der Waals surface area contributed by atoms with Crippen molar-refractivity contribution in [1.29, 1.82) is 0 Å². The second kappa shape index (κ2) is 9.77. The molecular formula is C31H22O9. The van der Waals surface area contributed by atoms with Crippen molar-refractivity contribution in [2.75, 3.05) is 14.2 Å². The van der Waals surface area contributed by atoms with Crippen molar-refractivity contribution in [3.63, 3.8) is 0 Å². The maximum Gasteiger partial charge on any atom is 0.335 e. The van der Waals surface area contributed by atoms with E-state index in [-0.39, 0.29) is 17.4 Å². The van der Waals surface area contributed by atoms with Gasteiger partial charge in [-0.05, 0) is 54.1 Å². The molecule has 0 spiro atoms. The summed E-state index contributed by atoms with van der Waals surface area (Å²) >= 11 is 0. The lowest BCUT2D eigenvalue weighted by Crippen LogP contribution is -2.21. The van der Waals surface area contributed by atoms with Gasteiger partial charge in [0.05, 0.1) is 43.1 Å². The van der Waals surface area contributed by atoms with Gasteiger partial charge in [0, 0.05) is 11.1 Å². The standard InChI is InChI=1S/C31H22O9/c1-36-24-9-7-18(13-26(24)37-2)21-15-38-30-19(29(21)33)8-10-25-28(30)20(14-27(32)40-25)23-12-11-22(39-23)16-3-5-17(6-4-16)31(34)35/h3-13,15,20H,14H2,1-2H3,(H,34,35)/t20-/m1/s1. The summed E-state index contributed by atoms with van der Waals surface area (Å²) in [6.07, 6.45) is 1.37. The number of aromatic carboxylic acids is 1. The summed E-state index contributed by atoms with van der Waals surface area (Å²) in [6, 6.07) is 18.1. The van der Waals surface area contributed by atoms with E-state index in [4.69, 9.17) is 28.2 Å². The van der Waals surface area contributed by atoms with Crippen LogP contribution in [0.3, 0.4) is 0 Å². The Morgan fingerprint density at radius 1 is 0.900 bits per heavy atom. The van der Waals surface area contributed by atoms with E-state index in [1.165, 1.54) is 32.6 Å². The van der Waals surface area contributed by atoms with Gasteiger partial charge < -0.3 is 28.2 Å². The summed E-state index contributed by atoms with van der Waals surface area (Å²) in [7, 11) is 3.05. The quantitative estimate of drug-likeness (QED) is 0.208. The highest BCUT2D eigenvalue weighted by Crippen LogP contribution is 2.44. The van der Waals surface area contributed by atoms with Crippen LogP contribution in [0.2, 0.25) is 0 Å². The van der Waals surface area contributed by atoms with Crippen LogP contribution in [0, 0.1) is 0 Å². The summed E-state index contributed by atoms with van der Waals surface area (Å²) in [5, 5.41) is 9.49. The number of carbonyl (C=O) groups excluding carboxylic acids is 1. The lowest BCUT2D eigenvalue weighted by Gasteiger charge is -2.23. The highest BCUT2D eigenvalue weighted by Gasteiger charge is 2.34. The SMILES string of the molecule is COc1ccc(-c2coc3c4c(ccc3c2=O)OC(=O)C[C@@H]4c2ccc(-c3ccc(C(=O)O)cc3)o2)cc1OC. The molecule has 1 aliphatic heterocycles. The number of benzene rings is 3. The highest BCUT2D eigenvalue weighted by atomic mass is 16.5. The van der Waals surface area contributed by atoms with Crippen LogP contribution in [0.25, 0.3) is 33.4 Å². The molecule has 9 heteroatoms. The summed E-state index contributed by atoms with van der Waals surface area (Å²) in [5.74, 6) is 0.256. The van der Waals surface area contributed by atoms with Crippen molar-refractivity contribution in [2.45, 2.75) is 12.3 Å². The Bertz CT molecular complexity index is 1840. The Balaban J connectivity index is 1.44. The Morgan fingerprint density at radius 2 is 1.65 bits per heavy atom. The van der Waals surface area contributed by atoms with Gasteiger partial charge in [0.25, 0.3) is 0 Å². The summed E-state index contributed by atoms with van der Waals surface area (Å²) in [6.45, 7) is 0. The summed E-state index contributed by atoms with van der Waals surface area (Å²) < 4.78 is 28.4. The van der Waals surface area contributed by atoms with E-state index >= 15 is 0 Å². The molecule has 0 saturated carbocycles. The molecule has 5 aromatic rings. The number of hydrogen-bond acceptors (Lipinski definition) is 8. The first-order chi connectivity index (χ1) is 19.4. The molecule has 1 N–H and O–H groups in total. The molecule has 200 valence electrons. The lowest BCUT2D eigenvalue weighted by molar-refractivity contribution is -0.135. The molecule has 0 saturated heterocycles. The number of esters is 1. The van der Waals surface area contributed by atoms with Gasteiger partial charge in [0.2, 0.25) is 5.43 Å². The van der Waals surface area contributed by atoms with Crippen LogP contribution < -0.4 is 19.6 Å². The van der Waals surface area contributed by atoms with Crippen LogP contribution in [-0.4, -0.2) is 31.3 Å². The fraction of sp³-hybridized carbons (Fsp3) is 0.129. The number of hydrogen-bond donors (Lipinski definition) is 1. The lowest BCUT2D eigenvalue weighted by atomic mass is 9.88. The third kappa shape index (κ3) is 4.17. The van der Waals surface area contributed by atoms with Gasteiger partial charge in [0.1, 0.15) is 29.1 Å². The minimum absolute atomic E-state index is 0.0157. The molecule has 0 aliphatic carbocycles. The van der Waals surface area contributed by atoms with Gasteiger partial charge in [-0.2, -0.15) is 0 Å². The molecule has 1 aliphatic rings. The predicted octanol–water partition coefficient (Wildman–Crippen LogP) is 5.88. The van der Waals surface area contributed by atoms with E-state index < -0.39 is 17.9 Å². The number of fused-ring (bicyclic) bond motifs is 3. The molecule has 3 heterocycles. The van der Waals surface area contributed by atoms with Crippen molar-refractivity contribution in [3.8, 4) is 39.7 Å². The van der Waals surface area contributed by atoms with E-state index in [2.05, 4.69) is 0 Å². The average molecular weight is 539 g/mol. The first-order valence-corrected chi connectivity index (χ1v) is 12.3. The Hall–Kier alpha value is -5.31.